The second-order valence-electron chi connectivity index (χ2n) is 8.52. The average Bonchev–Trinajstić information content (AvgIpc) is 2.96. The third-order valence-electron chi connectivity index (χ3n) is 6.13. The fraction of sp³-hybridized carbons (Fsp3) is 0.0645. The van der Waals surface area contributed by atoms with Crippen molar-refractivity contribution in [3.8, 4) is 34.1 Å². The maximum Gasteiger partial charge on any atom is 0.270 e. The van der Waals surface area contributed by atoms with Crippen LogP contribution in [0, 0.1) is 0 Å². The van der Waals surface area contributed by atoms with E-state index in [2.05, 4.69) is 5.32 Å². The lowest BCUT2D eigenvalue weighted by molar-refractivity contribution is -0.122. The molecular weight excluding hydrogens is 512 g/mol. The summed E-state index contributed by atoms with van der Waals surface area (Å²) >= 11 is 5.36. The largest absolute Gasteiger partial charge is 0.493 e. The van der Waals surface area contributed by atoms with E-state index in [-0.39, 0.29) is 10.7 Å². The Kier molecular flexibility index (Phi) is 7.38. The Morgan fingerprint density at radius 1 is 0.769 bits per heavy atom. The normalized spacial score (nSPS) is 14.3. The zero-order valence-corrected chi connectivity index (χ0v) is 22.0. The van der Waals surface area contributed by atoms with Crippen LogP contribution in [0.4, 0.5) is 5.69 Å². The number of benzene rings is 4. The van der Waals surface area contributed by atoms with E-state index in [4.69, 9.17) is 26.4 Å². The zero-order valence-electron chi connectivity index (χ0n) is 21.2. The third-order valence-corrected chi connectivity index (χ3v) is 6.42. The van der Waals surface area contributed by atoms with Gasteiger partial charge in [-0.15, -0.1) is 0 Å². The number of nitrogens with zero attached hydrogens (tertiary/aromatic N) is 1. The molecule has 194 valence electrons. The van der Waals surface area contributed by atoms with Crippen LogP contribution in [0.1, 0.15) is 5.56 Å². The first-order valence-electron chi connectivity index (χ1n) is 12.0. The summed E-state index contributed by atoms with van der Waals surface area (Å²) in [6.45, 7) is 0. The summed E-state index contributed by atoms with van der Waals surface area (Å²) in [6, 6.07) is 29.3. The van der Waals surface area contributed by atoms with Crippen LogP contribution in [-0.4, -0.2) is 31.1 Å². The molecule has 0 atom stereocenters. The number of hydrogen-bond acceptors (Lipinski definition) is 6. The van der Waals surface area contributed by atoms with E-state index in [0.29, 0.717) is 34.2 Å². The number of methoxy groups -OCH3 is 2. The zero-order chi connectivity index (χ0) is 27.4. The Labute approximate surface area is 231 Å². The molecule has 39 heavy (non-hydrogen) atoms. The van der Waals surface area contributed by atoms with Gasteiger partial charge in [0.05, 0.1) is 19.9 Å². The van der Waals surface area contributed by atoms with Gasteiger partial charge in [-0.1, -0.05) is 48.5 Å². The summed E-state index contributed by atoms with van der Waals surface area (Å²) in [5, 5.41) is 2.64. The number of amides is 2. The number of ether oxygens (including phenoxy) is 3. The Bertz CT molecular complexity index is 1580. The summed E-state index contributed by atoms with van der Waals surface area (Å²) < 4.78 is 16.6. The van der Waals surface area contributed by atoms with E-state index in [1.807, 2.05) is 72.8 Å². The molecule has 1 fully saturated rings. The second-order valence-corrected chi connectivity index (χ2v) is 8.91. The van der Waals surface area contributed by atoms with Gasteiger partial charge in [-0.2, -0.15) is 0 Å². The second kappa shape index (κ2) is 11.2. The number of para-hydroxylation sites is 1. The minimum absolute atomic E-state index is 0.00653. The SMILES string of the molecule is COc1ccc(-c2ccccc2C=C2C(=O)NC(=S)N(c3ccc(Oc4ccccc4)cc3)C2=O)cc1OC. The monoisotopic (exact) mass is 536 g/mol. The van der Waals surface area contributed by atoms with Crippen LogP contribution >= 0.6 is 12.2 Å². The molecule has 2 amide bonds. The molecule has 7 nitrogen and oxygen atoms in total. The van der Waals surface area contributed by atoms with Crippen molar-refractivity contribution in [1.82, 2.24) is 5.32 Å². The van der Waals surface area contributed by atoms with E-state index < -0.39 is 11.8 Å². The van der Waals surface area contributed by atoms with Gasteiger partial charge in [0.2, 0.25) is 0 Å². The summed E-state index contributed by atoms with van der Waals surface area (Å²) in [7, 11) is 3.14. The first-order valence-corrected chi connectivity index (χ1v) is 12.4. The van der Waals surface area contributed by atoms with Crippen molar-refractivity contribution in [3.05, 3.63) is 108 Å². The highest BCUT2D eigenvalue weighted by Crippen LogP contribution is 2.35. The molecule has 5 rings (SSSR count). The van der Waals surface area contributed by atoms with Crippen LogP contribution in [0.3, 0.4) is 0 Å². The lowest BCUT2D eigenvalue weighted by Crippen LogP contribution is -2.54. The lowest BCUT2D eigenvalue weighted by Gasteiger charge is -2.29. The number of nitrogens with one attached hydrogen (secondary N) is 1. The molecule has 0 unspecified atom stereocenters. The van der Waals surface area contributed by atoms with Crippen LogP contribution in [0.15, 0.2) is 103 Å². The van der Waals surface area contributed by atoms with Gasteiger partial charge in [0.15, 0.2) is 16.6 Å². The molecule has 0 spiro atoms. The first kappa shape index (κ1) is 25.7. The van der Waals surface area contributed by atoms with Crippen molar-refractivity contribution in [2.45, 2.75) is 0 Å². The first-order chi connectivity index (χ1) is 19.0. The molecule has 0 bridgehead atoms. The van der Waals surface area contributed by atoms with Gasteiger partial charge in [-0.25, -0.2) is 0 Å². The smallest absolute Gasteiger partial charge is 0.270 e. The van der Waals surface area contributed by atoms with Gasteiger partial charge >= 0.3 is 0 Å². The minimum Gasteiger partial charge on any atom is -0.493 e. The van der Waals surface area contributed by atoms with Crippen molar-refractivity contribution in [2.24, 2.45) is 0 Å². The fourth-order valence-corrected chi connectivity index (χ4v) is 4.51. The number of rotatable bonds is 7. The fourth-order valence-electron chi connectivity index (χ4n) is 4.22. The highest BCUT2D eigenvalue weighted by atomic mass is 32.1. The van der Waals surface area contributed by atoms with E-state index in [0.717, 1.165) is 11.1 Å². The molecule has 0 aliphatic carbocycles. The topological polar surface area (TPSA) is 77.1 Å². The number of thiocarbonyl (C=S) groups is 1. The number of carbonyl (C=O) groups excluding carboxylic acids is 2. The van der Waals surface area contributed by atoms with Crippen molar-refractivity contribution in [2.75, 3.05) is 19.1 Å². The molecule has 0 aromatic heterocycles. The quantitative estimate of drug-likeness (QED) is 0.178. The maximum absolute atomic E-state index is 13.6. The van der Waals surface area contributed by atoms with E-state index in [1.54, 1.807) is 44.6 Å². The molecule has 0 radical (unpaired) electrons. The van der Waals surface area contributed by atoms with Crippen LogP contribution in [-0.2, 0) is 9.59 Å². The van der Waals surface area contributed by atoms with Crippen LogP contribution in [0.2, 0.25) is 0 Å². The Balaban J connectivity index is 1.46. The van der Waals surface area contributed by atoms with Gasteiger partial charge in [-0.05, 0) is 83.5 Å². The maximum atomic E-state index is 13.6. The summed E-state index contributed by atoms with van der Waals surface area (Å²) in [5.41, 5.74) is 2.80. The predicted octanol–water partition coefficient (Wildman–Crippen LogP) is 5.99. The van der Waals surface area contributed by atoms with Gasteiger partial charge in [0.1, 0.15) is 17.1 Å². The van der Waals surface area contributed by atoms with Crippen molar-refractivity contribution in [1.29, 1.82) is 0 Å². The summed E-state index contributed by atoms with van der Waals surface area (Å²) in [6.07, 6.45) is 1.57. The molecule has 0 saturated carbocycles. The standard InChI is InChI=1S/C31H24N2O5S/c1-36-27-17-12-21(19-28(27)37-2)25-11-7-6-8-20(25)18-26-29(34)32-31(39)33(30(26)35)22-13-15-24(16-14-22)38-23-9-4-3-5-10-23/h3-19H,1-2H3,(H,32,34,39). The number of carbonyl (C=O) groups is 2. The molecule has 8 heteroatoms. The van der Waals surface area contributed by atoms with Crippen LogP contribution in [0.5, 0.6) is 23.0 Å². The lowest BCUT2D eigenvalue weighted by atomic mass is 9.96. The summed E-state index contributed by atoms with van der Waals surface area (Å²) in [5.74, 6) is 1.38. The van der Waals surface area contributed by atoms with Crippen LogP contribution in [0.25, 0.3) is 17.2 Å². The highest BCUT2D eigenvalue weighted by molar-refractivity contribution is 7.80. The van der Waals surface area contributed by atoms with Crippen LogP contribution < -0.4 is 24.4 Å². The average molecular weight is 537 g/mol. The Hall–Kier alpha value is -4.95. The molecule has 1 saturated heterocycles. The van der Waals surface area contributed by atoms with E-state index in [9.17, 15) is 9.59 Å². The van der Waals surface area contributed by atoms with E-state index >= 15 is 0 Å². The van der Waals surface area contributed by atoms with Crippen molar-refractivity contribution >= 4 is 40.9 Å². The van der Waals surface area contributed by atoms with Gasteiger partial charge in [-0.3, -0.25) is 19.8 Å². The molecule has 1 heterocycles. The third kappa shape index (κ3) is 5.37. The van der Waals surface area contributed by atoms with Gasteiger partial charge < -0.3 is 14.2 Å². The Morgan fingerprint density at radius 3 is 2.15 bits per heavy atom. The highest BCUT2D eigenvalue weighted by Gasteiger charge is 2.34. The summed E-state index contributed by atoms with van der Waals surface area (Å²) in [4.78, 5) is 27.8. The van der Waals surface area contributed by atoms with Gasteiger partial charge in [0.25, 0.3) is 11.8 Å². The molecule has 4 aromatic carbocycles. The molecule has 4 aromatic rings. The van der Waals surface area contributed by atoms with Crippen molar-refractivity contribution < 1.29 is 23.8 Å². The Morgan fingerprint density at radius 2 is 1.44 bits per heavy atom. The van der Waals surface area contributed by atoms with Crippen molar-refractivity contribution in [3.63, 3.8) is 0 Å². The molecule has 1 N–H and O–H groups in total. The molecule has 1 aliphatic heterocycles. The predicted molar refractivity (Wildman–Crippen MR) is 154 cm³/mol. The van der Waals surface area contributed by atoms with E-state index in [1.165, 1.54) is 4.90 Å². The number of hydrogen-bond donors (Lipinski definition) is 1. The molecule has 1 aliphatic rings. The van der Waals surface area contributed by atoms with Gasteiger partial charge in [0, 0.05) is 0 Å². The molecular formula is C31H24N2O5S. The minimum atomic E-state index is -0.563. The number of anilines is 1.